The Hall–Kier alpha value is -1.95. The first-order valence-corrected chi connectivity index (χ1v) is 8.31. The van der Waals surface area contributed by atoms with Crippen LogP contribution in [0.3, 0.4) is 0 Å². The van der Waals surface area contributed by atoms with Crippen molar-refractivity contribution in [1.29, 1.82) is 0 Å². The second-order valence-electron chi connectivity index (χ2n) is 7.04. The summed E-state index contributed by atoms with van der Waals surface area (Å²) in [6.07, 6.45) is 3.48. The maximum atomic E-state index is 12.8. The summed E-state index contributed by atoms with van der Waals surface area (Å²) in [4.78, 5) is 19.1. The molecule has 0 unspecified atom stereocenters. The van der Waals surface area contributed by atoms with Gasteiger partial charge < -0.3 is 10.2 Å². The number of carbonyl (C=O) groups is 1. The van der Waals surface area contributed by atoms with Gasteiger partial charge in [-0.2, -0.15) is 5.10 Å². The second-order valence-corrected chi connectivity index (χ2v) is 7.04. The smallest absolute Gasteiger partial charge is 0.255 e. The molecule has 6 nitrogen and oxygen atoms in total. The summed E-state index contributed by atoms with van der Waals surface area (Å²) in [6.45, 7) is 10.8. The highest BCUT2D eigenvalue weighted by Gasteiger charge is 2.26. The number of rotatable bonds is 3. The summed E-state index contributed by atoms with van der Waals surface area (Å²) >= 11 is 0. The first-order valence-electron chi connectivity index (χ1n) is 8.31. The molecule has 2 aromatic rings. The van der Waals surface area contributed by atoms with E-state index >= 15 is 0 Å². The van der Waals surface area contributed by atoms with Gasteiger partial charge in [0.2, 0.25) is 0 Å². The van der Waals surface area contributed by atoms with Crippen LogP contribution in [-0.4, -0.2) is 50.7 Å². The van der Waals surface area contributed by atoms with Crippen molar-refractivity contribution in [2.45, 2.75) is 46.3 Å². The first-order chi connectivity index (χ1) is 10.9. The molecular formula is C17H25N5O. The van der Waals surface area contributed by atoms with E-state index in [1.54, 1.807) is 12.4 Å². The van der Waals surface area contributed by atoms with Gasteiger partial charge in [0.15, 0.2) is 5.65 Å². The Labute approximate surface area is 136 Å². The summed E-state index contributed by atoms with van der Waals surface area (Å²) in [6, 6.07) is 2.53. The van der Waals surface area contributed by atoms with Gasteiger partial charge in [-0.1, -0.05) is 13.8 Å². The van der Waals surface area contributed by atoms with Crippen molar-refractivity contribution in [3.05, 3.63) is 24.0 Å². The maximum Gasteiger partial charge on any atom is 0.255 e. The number of nitrogens with one attached hydrogen (secondary N) is 1. The van der Waals surface area contributed by atoms with E-state index in [2.05, 4.69) is 43.1 Å². The fraction of sp³-hybridized carbons (Fsp3) is 0.588. The quantitative estimate of drug-likeness (QED) is 0.940. The van der Waals surface area contributed by atoms with Gasteiger partial charge >= 0.3 is 0 Å². The van der Waals surface area contributed by atoms with E-state index in [9.17, 15) is 4.79 Å². The molecule has 0 spiro atoms. The average molecular weight is 315 g/mol. The number of pyridine rings is 1. The number of aromatic nitrogens is 3. The van der Waals surface area contributed by atoms with Crippen LogP contribution in [0.4, 0.5) is 0 Å². The minimum Gasteiger partial charge on any atom is -0.335 e. The van der Waals surface area contributed by atoms with E-state index in [4.69, 9.17) is 0 Å². The zero-order valence-corrected chi connectivity index (χ0v) is 14.3. The summed E-state index contributed by atoms with van der Waals surface area (Å²) in [7, 11) is 0. The van der Waals surface area contributed by atoms with Crippen molar-refractivity contribution in [3.8, 4) is 0 Å². The van der Waals surface area contributed by atoms with E-state index in [1.807, 2.05) is 15.6 Å². The number of amides is 1. The molecule has 23 heavy (non-hydrogen) atoms. The molecule has 1 N–H and O–H groups in total. The highest BCUT2D eigenvalue weighted by atomic mass is 16.2. The normalized spacial score (nSPS) is 22.0. The van der Waals surface area contributed by atoms with Crippen LogP contribution in [0.1, 0.15) is 38.1 Å². The number of carbonyl (C=O) groups excluding carboxylic acids is 1. The molecule has 1 amide bonds. The zero-order chi connectivity index (χ0) is 16.6. The first kappa shape index (κ1) is 15.9. The van der Waals surface area contributed by atoms with Crippen LogP contribution < -0.4 is 5.32 Å². The minimum absolute atomic E-state index is 0.0520. The third kappa shape index (κ3) is 3.37. The van der Waals surface area contributed by atoms with Crippen LogP contribution in [0.2, 0.25) is 0 Å². The number of hydrogen-bond acceptors (Lipinski definition) is 4. The predicted molar refractivity (Wildman–Crippen MR) is 90.3 cm³/mol. The van der Waals surface area contributed by atoms with E-state index in [-0.39, 0.29) is 5.91 Å². The van der Waals surface area contributed by atoms with Crippen molar-refractivity contribution in [2.24, 2.45) is 5.92 Å². The fourth-order valence-corrected chi connectivity index (χ4v) is 3.24. The third-order valence-corrected chi connectivity index (χ3v) is 4.11. The summed E-state index contributed by atoms with van der Waals surface area (Å²) in [5, 5.41) is 8.76. The number of fused-ring (bicyclic) bond motifs is 1. The average Bonchev–Trinajstić information content (AvgIpc) is 2.87. The lowest BCUT2D eigenvalue weighted by Crippen LogP contribution is -2.55. The molecule has 1 fully saturated rings. The largest absolute Gasteiger partial charge is 0.335 e. The van der Waals surface area contributed by atoms with Gasteiger partial charge in [0, 0.05) is 43.3 Å². The Bertz CT molecular complexity index is 698. The molecule has 0 aromatic carbocycles. The van der Waals surface area contributed by atoms with Crippen molar-refractivity contribution in [1.82, 2.24) is 25.0 Å². The van der Waals surface area contributed by atoms with Crippen LogP contribution >= 0.6 is 0 Å². The van der Waals surface area contributed by atoms with Crippen LogP contribution in [0.5, 0.6) is 0 Å². The van der Waals surface area contributed by atoms with Crippen molar-refractivity contribution in [2.75, 3.05) is 13.1 Å². The molecule has 0 aliphatic carbocycles. The van der Waals surface area contributed by atoms with Gasteiger partial charge in [-0.25, -0.2) is 9.67 Å². The molecule has 124 valence electrons. The van der Waals surface area contributed by atoms with Gasteiger partial charge in [0.05, 0.1) is 11.8 Å². The lowest BCUT2D eigenvalue weighted by molar-refractivity contribution is 0.0673. The lowest BCUT2D eigenvalue weighted by Gasteiger charge is -2.36. The predicted octanol–water partition coefficient (Wildman–Crippen LogP) is 1.91. The highest BCUT2D eigenvalue weighted by molar-refractivity contribution is 5.97. The van der Waals surface area contributed by atoms with Crippen LogP contribution in [0.15, 0.2) is 18.5 Å². The van der Waals surface area contributed by atoms with Crippen molar-refractivity contribution in [3.63, 3.8) is 0 Å². The lowest BCUT2D eigenvalue weighted by atomic mass is 10.1. The van der Waals surface area contributed by atoms with E-state index in [0.29, 0.717) is 23.6 Å². The van der Waals surface area contributed by atoms with E-state index in [0.717, 1.165) is 30.7 Å². The number of piperazine rings is 1. The number of nitrogens with zero attached hydrogens (tertiary/aromatic N) is 4. The monoisotopic (exact) mass is 315 g/mol. The van der Waals surface area contributed by atoms with E-state index < -0.39 is 0 Å². The molecule has 0 bridgehead atoms. The molecule has 0 saturated carbocycles. The summed E-state index contributed by atoms with van der Waals surface area (Å²) in [5.41, 5.74) is 1.49. The fourth-order valence-electron chi connectivity index (χ4n) is 3.24. The molecule has 2 atom stereocenters. The van der Waals surface area contributed by atoms with E-state index in [1.165, 1.54) is 0 Å². The van der Waals surface area contributed by atoms with Gasteiger partial charge in [-0.3, -0.25) is 4.79 Å². The minimum atomic E-state index is 0.0520. The molecule has 3 rings (SSSR count). The Morgan fingerprint density at radius 3 is 2.65 bits per heavy atom. The molecule has 6 heteroatoms. The molecule has 3 heterocycles. The van der Waals surface area contributed by atoms with Crippen LogP contribution in [-0.2, 0) is 6.54 Å². The number of hydrogen-bond donors (Lipinski definition) is 1. The van der Waals surface area contributed by atoms with Gasteiger partial charge in [0.25, 0.3) is 5.91 Å². The second kappa shape index (κ2) is 6.28. The topological polar surface area (TPSA) is 63.1 Å². The molecule has 1 saturated heterocycles. The van der Waals surface area contributed by atoms with Crippen molar-refractivity contribution < 1.29 is 4.79 Å². The maximum absolute atomic E-state index is 12.8. The molecule has 1 aliphatic rings. The van der Waals surface area contributed by atoms with Crippen LogP contribution in [0, 0.1) is 5.92 Å². The Morgan fingerprint density at radius 1 is 1.30 bits per heavy atom. The zero-order valence-electron chi connectivity index (χ0n) is 14.3. The van der Waals surface area contributed by atoms with Gasteiger partial charge in [-0.15, -0.1) is 0 Å². The third-order valence-electron chi connectivity index (χ3n) is 4.11. The summed E-state index contributed by atoms with van der Waals surface area (Å²) < 4.78 is 1.91. The van der Waals surface area contributed by atoms with Crippen LogP contribution in [0.25, 0.3) is 11.0 Å². The van der Waals surface area contributed by atoms with Gasteiger partial charge in [0.1, 0.15) is 0 Å². The Kier molecular flexibility index (Phi) is 4.35. The SMILES string of the molecule is CC(C)Cn1ncc2cc(C(=O)N3C[C@H](C)N[C@@H](C)C3)cnc21. The van der Waals surface area contributed by atoms with Gasteiger partial charge in [-0.05, 0) is 25.8 Å². The standard InChI is InChI=1S/C17H25N5O/c1-11(2)8-22-16-14(7-19-22)5-15(6-18-16)17(23)21-9-12(3)20-13(4)10-21/h5-7,11-13,20H,8-10H2,1-4H3/t12-,13-/m0/s1. The Morgan fingerprint density at radius 2 is 2.00 bits per heavy atom. The molecule has 2 aromatic heterocycles. The Balaban J connectivity index is 1.84. The van der Waals surface area contributed by atoms with Crippen molar-refractivity contribution >= 4 is 16.9 Å². The summed E-state index contributed by atoms with van der Waals surface area (Å²) in [5.74, 6) is 0.557. The molecule has 1 aliphatic heterocycles. The molecular weight excluding hydrogens is 290 g/mol. The highest BCUT2D eigenvalue weighted by Crippen LogP contribution is 2.17. The molecule has 0 radical (unpaired) electrons.